The normalized spacial score (nSPS) is 9.83. The van der Waals surface area contributed by atoms with Gasteiger partial charge < -0.3 is 11.1 Å². The number of aryl methyl sites for hydroxylation is 1. The first-order valence-corrected chi connectivity index (χ1v) is 5.29. The molecule has 1 aromatic heterocycles. The van der Waals surface area contributed by atoms with Gasteiger partial charge in [0.05, 0.1) is 11.3 Å². The van der Waals surface area contributed by atoms with Gasteiger partial charge in [-0.25, -0.2) is 9.37 Å². The van der Waals surface area contributed by atoms with E-state index in [9.17, 15) is 4.39 Å². The number of nitrogens with two attached hydrogens (primary N) is 1. The molecule has 2 aromatic rings. The number of aromatic nitrogens is 1. The molecule has 0 amide bonds. The average Bonchev–Trinajstić information content (AvgIpc) is 2.30. The molecule has 18 heavy (non-hydrogen) atoms. The Morgan fingerprint density at radius 3 is 2.83 bits per heavy atom. The zero-order valence-electron chi connectivity index (χ0n) is 9.74. The molecule has 3 N–H and O–H groups in total. The molecule has 0 aliphatic carbocycles. The first-order chi connectivity index (χ1) is 8.60. The summed E-state index contributed by atoms with van der Waals surface area (Å²) >= 11 is 0. The van der Waals surface area contributed by atoms with E-state index in [2.05, 4.69) is 10.3 Å². The van der Waals surface area contributed by atoms with Crippen molar-refractivity contribution in [1.29, 1.82) is 5.26 Å². The topological polar surface area (TPSA) is 74.7 Å². The van der Waals surface area contributed by atoms with Crippen LogP contribution in [0.4, 0.5) is 21.6 Å². The van der Waals surface area contributed by atoms with Crippen LogP contribution in [0.25, 0.3) is 0 Å². The summed E-state index contributed by atoms with van der Waals surface area (Å²) in [5.41, 5.74) is 7.69. The zero-order valence-corrected chi connectivity index (χ0v) is 9.74. The number of hydrogen-bond acceptors (Lipinski definition) is 4. The molecule has 2 rings (SSSR count). The molecule has 0 fully saturated rings. The summed E-state index contributed by atoms with van der Waals surface area (Å²) in [5.74, 6) is 0.00607. The molecular formula is C13H11FN4. The van der Waals surface area contributed by atoms with E-state index in [0.717, 1.165) is 5.56 Å². The number of benzene rings is 1. The van der Waals surface area contributed by atoms with Crippen LogP contribution in [0.3, 0.4) is 0 Å². The number of nitrogen functional groups attached to an aromatic ring is 1. The van der Waals surface area contributed by atoms with E-state index >= 15 is 0 Å². The van der Waals surface area contributed by atoms with Gasteiger partial charge in [-0.2, -0.15) is 5.26 Å². The van der Waals surface area contributed by atoms with Gasteiger partial charge in [-0.3, -0.25) is 0 Å². The minimum atomic E-state index is -0.340. The van der Waals surface area contributed by atoms with Crippen LogP contribution >= 0.6 is 0 Å². The summed E-state index contributed by atoms with van der Waals surface area (Å²) in [6.45, 7) is 1.79. The van der Waals surface area contributed by atoms with Crippen molar-refractivity contribution in [2.75, 3.05) is 11.1 Å². The quantitative estimate of drug-likeness (QED) is 0.849. The SMILES string of the molecule is Cc1cc(F)cc(Nc2nccc(C#N)c2N)c1. The maximum atomic E-state index is 13.2. The van der Waals surface area contributed by atoms with Gasteiger partial charge in [0.1, 0.15) is 11.9 Å². The van der Waals surface area contributed by atoms with E-state index < -0.39 is 0 Å². The largest absolute Gasteiger partial charge is 0.395 e. The van der Waals surface area contributed by atoms with E-state index in [1.807, 2.05) is 6.07 Å². The van der Waals surface area contributed by atoms with E-state index in [4.69, 9.17) is 11.0 Å². The van der Waals surface area contributed by atoms with Gasteiger partial charge in [-0.15, -0.1) is 0 Å². The lowest BCUT2D eigenvalue weighted by atomic mass is 10.2. The molecule has 90 valence electrons. The maximum absolute atomic E-state index is 13.2. The van der Waals surface area contributed by atoms with Crippen molar-refractivity contribution in [3.8, 4) is 6.07 Å². The summed E-state index contributed by atoms with van der Waals surface area (Å²) in [6.07, 6.45) is 1.48. The van der Waals surface area contributed by atoms with Crippen molar-refractivity contribution in [3.05, 3.63) is 47.4 Å². The van der Waals surface area contributed by atoms with E-state index in [0.29, 0.717) is 17.1 Å². The highest BCUT2D eigenvalue weighted by atomic mass is 19.1. The second kappa shape index (κ2) is 4.72. The zero-order chi connectivity index (χ0) is 13.1. The Morgan fingerprint density at radius 1 is 1.39 bits per heavy atom. The van der Waals surface area contributed by atoms with Crippen LogP contribution < -0.4 is 11.1 Å². The average molecular weight is 242 g/mol. The van der Waals surface area contributed by atoms with Gasteiger partial charge in [0.25, 0.3) is 0 Å². The smallest absolute Gasteiger partial charge is 0.154 e. The molecule has 1 heterocycles. The molecule has 5 heteroatoms. The van der Waals surface area contributed by atoms with Gasteiger partial charge in [-0.05, 0) is 36.8 Å². The van der Waals surface area contributed by atoms with Crippen LogP contribution in [0.15, 0.2) is 30.5 Å². The number of nitrogens with zero attached hydrogens (tertiary/aromatic N) is 2. The molecule has 0 saturated carbocycles. The van der Waals surface area contributed by atoms with Crippen LogP contribution in [0.5, 0.6) is 0 Å². The van der Waals surface area contributed by atoms with E-state index in [1.165, 1.54) is 24.4 Å². The standard InChI is InChI=1S/C13H11FN4/c1-8-4-10(14)6-11(5-8)18-13-12(16)9(7-15)2-3-17-13/h2-6H,16H2,1H3,(H,17,18). The fraction of sp³-hybridized carbons (Fsp3) is 0.0769. The number of hydrogen-bond donors (Lipinski definition) is 2. The van der Waals surface area contributed by atoms with Gasteiger partial charge in [-0.1, -0.05) is 0 Å². The molecule has 4 nitrogen and oxygen atoms in total. The Hall–Kier alpha value is -2.61. The molecular weight excluding hydrogens is 231 g/mol. The molecule has 1 aromatic carbocycles. The molecule has 0 atom stereocenters. The second-order valence-electron chi connectivity index (χ2n) is 3.87. The number of rotatable bonds is 2. The molecule has 0 bridgehead atoms. The molecule has 0 unspecified atom stereocenters. The number of nitriles is 1. The Bertz CT molecular complexity index is 611. The number of anilines is 3. The highest BCUT2D eigenvalue weighted by Gasteiger charge is 2.07. The third-order valence-electron chi connectivity index (χ3n) is 2.42. The van der Waals surface area contributed by atoms with Gasteiger partial charge in [0, 0.05) is 11.9 Å². The third kappa shape index (κ3) is 2.38. The molecule has 0 aliphatic heterocycles. The molecule has 0 aliphatic rings. The Balaban J connectivity index is 2.37. The first-order valence-electron chi connectivity index (χ1n) is 5.29. The maximum Gasteiger partial charge on any atom is 0.154 e. The van der Waals surface area contributed by atoms with Gasteiger partial charge >= 0.3 is 0 Å². The summed E-state index contributed by atoms with van der Waals surface area (Å²) < 4.78 is 13.2. The monoisotopic (exact) mass is 242 g/mol. The van der Waals surface area contributed by atoms with Crippen molar-refractivity contribution >= 4 is 17.2 Å². The van der Waals surface area contributed by atoms with Crippen LogP contribution in [0.1, 0.15) is 11.1 Å². The van der Waals surface area contributed by atoms with Crippen LogP contribution in [-0.4, -0.2) is 4.98 Å². The van der Waals surface area contributed by atoms with Gasteiger partial charge in [0.2, 0.25) is 0 Å². The Kier molecular flexibility index (Phi) is 3.11. The van der Waals surface area contributed by atoms with Crippen LogP contribution in [0, 0.1) is 24.1 Å². The number of halogens is 1. The summed E-state index contributed by atoms with van der Waals surface area (Å²) in [7, 11) is 0. The summed E-state index contributed by atoms with van der Waals surface area (Å²) in [6, 6.07) is 8.02. The lowest BCUT2D eigenvalue weighted by Crippen LogP contribution is -2.01. The van der Waals surface area contributed by atoms with Crippen molar-refractivity contribution in [2.45, 2.75) is 6.92 Å². The van der Waals surface area contributed by atoms with Crippen LogP contribution in [-0.2, 0) is 0 Å². The summed E-state index contributed by atoms with van der Waals surface area (Å²) in [4.78, 5) is 4.03. The lowest BCUT2D eigenvalue weighted by molar-refractivity contribution is 0.627. The Morgan fingerprint density at radius 2 is 2.17 bits per heavy atom. The fourth-order valence-corrected chi connectivity index (χ4v) is 1.62. The minimum Gasteiger partial charge on any atom is -0.395 e. The van der Waals surface area contributed by atoms with Gasteiger partial charge in [0.15, 0.2) is 5.82 Å². The molecule has 0 saturated heterocycles. The third-order valence-corrected chi connectivity index (χ3v) is 2.42. The Labute approximate surface area is 104 Å². The number of pyridine rings is 1. The molecule has 0 spiro atoms. The predicted molar refractivity (Wildman–Crippen MR) is 67.8 cm³/mol. The van der Waals surface area contributed by atoms with Crippen LogP contribution in [0.2, 0.25) is 0 Å². The highest BCUT2D eigenvalue weighted by molar-refractivity contribution is 5.73. The minimum absolute atomic E-state index is 0.252. The number of nitrogens with one attached hydrogen (secondary N) is 1. The highest BCUT2D eigenvalue weighted by Crippen LogP contribution is 2.24. The van der Waals surface area contributed by atoms with Crippen molar-refractivity contribution in [3.63, 3.8) is 0 Å². The van der Waals surface area contributed by atoms with Crippen molar-refractivity contribution < 1.29 is 4.39 Å². The lowest BCUT2D eigenvalue weighted by Gasteiger charge is -2.09. The summed E-state index contributed by atoms with van der Waals surface area (Å²) in [5, 5.41) is 11.8. The van der Waals surface area contributed by atoms with E-state index in [1.54, 1.807) is 13.0 Å². The fourth-order valence-electron chi connectivity index (χ4n) is 1.62. The second-order valence-corrected chi connectivity index (χ2v) is 3.87. The van der Waals surface area contributed by atoms with Crippen molar-refractivity contribution in [2.24, 2.45) is 0 Å². The van der Waals surface area contributed by atoms with Crippen molar-refractivity contribution in [1.82, 2.24) is 4.98 Å². The van der Waals surface area contributed by atoms with E-state index in [-0.39, 0.29) is 11.5 Å². The first kappa shape index (κ1) is 11.9. The predicted octanol–water partition coefficient (Wildman–Crippen LogP) is 2.73. The molecule has 0 radical (unpaired) electrons.